The molecule has 3 rings (SSSR count). The maximum atomic E-state index is 13.6. The first-order valence-corrected chi connectivity index (χ1v) is 10.2. The molecule has 5 heteroatoms. The molecule has 1 aliphatic rings. The molecule has 1 unspecified atom stereocenters. The van der Waals surface area contributed by atoms with E-state index in [-0.39, 0.29) is 18.0 Å². The van der Waals surface area contributed by atoms with Crippen LogP contribution in [-0.2, 0) is 4.74 Å². The van der Waals surface area contributed by atoms with Crippen molar-refractivity contribution in [3.8, 4) is 0 Å². The van der Waals surface area contributed by atoms with E-state index in [1.165, 1.54) is 0 Å². The average Bonchev–Trinajstić information content (AvgIpc) is 2.69. The van der Waals surface area contributed by atoms with Crippen molar-refractivity contribution in [2.24, 2.45) is 0 Å². The van der Waals surface area contributed by atoms with Gasteiger partial charge in [0.1, 0.15) is 0 Å². The van der Waals surface area contributed by atoms with Gasteiger partial charge in [-0.25, -0.2) is 4.79 Å². The van der Waals surface area contributed by atoms with Crippen molar-refractivity contribution in [3.63, 3.8) is 0 Å². The number of carbonyl (C=O) groups is 2. The van der Waals surface area contributed by atoms with Gasteiger partial charge >= 0.3 is 6.09 Å². The number of benzene rings is 2. The summed E-state index contributed by atoms with van der Waals surface area (Å²) in [6.07, 6.45) is 0.365. The summed E-state index contributed by atoms with van der Waals surface area (Å²) in [7, 11) is 0. The van der Waals surface area contributed by atoms with E-state index in [0.29, 0.717) is 18.7 Å². The molecule has 0 N–H and O–H groups in total. The molecule has 0 aliphatic carbocycles. The predicted octanol–water partition coefficient (Wildman–Crippen LogP) is 5.32. The molecule has 0 saturated heterocycles. The molecule has 0 bridgehead atoms. The molecule has 1 aliphatic heterocycles. The number of nitrogens with zero attached hydrogens (tertiary/aromatic N) is 2. The van der Waals surface area contributed by atoms with Gasteiger partial charge < -0.3 is 9.64 Å². The van der Waals surface area contributed by atoms with Crippen LogP contribution < -0.4 is 9.80 Å². The van der Waals surface area contributed by atoms with Crippen LogP contribution in [0.4, 0.5) is 16.2 Å². The quantitative estimate of drug-likeness (QED) is 0.708. The van der Waals surface area contributed by atoms with Gasteiger partial charge in [-0.15, -0.1) is 0 Å². The van der Waals surface area contributed by atoms with E-state index in [1.54, 1.807) is 11.8 Å². The standard InChI is InChI=1S/C24H30N2O3/c1-7-19-14-25(23(27)20-11-15(3)9-10-16(20)4)21-12-17(5)18(6)13-22(21)26(19)24(28)29-8-2/h9-13,19H,7-8,14H2,1-6H3. The summed E-state index contributed by atoms with van der Waals surface area (Å²) >= 11 is 0. The van der Waals surface area contributed by atoms with E-state index in [1.807, 2.05) is 69.9 Å². The molecule has 154 valence electrons. The Balaban J connectivity index is 2.15. The number of rotatable bonds is 3. The maximum absolute atomic E-state index is 13.6. The minimum absolute atomic E-state index is 0.0299. The molecule has 0 saturated carbocycles. The maximum Gasteiger partial charge on any atom is 0.414 e. The second-order valence-electron chi connectivity index (χ2n) is 7.79. The van der Waals surface area contributed by atoms with Crippen LogP contribution in [0.2, 0.25) is 0 Å². The van der Waals surface area contributed by atoms with Gasteiger partial charge in [0.05, 0.1) is 24.0 Å². The third kappa shape index (κ3) is 3.86. The molecule has 0 fully saturated rings. The second kappa shape index (κ2) is 8.27. The van der Waals surface area contributed by atoms with Crippen molar-refractivity contribution in [2.45, 2.75) is 54.0 Å². The van der Waals surface area contributed by atoms with Gasteiger partial charge in [0.15, 0.2) is 0 Å². The first-order valence-electron chi connectivity index (χ1n) is 10.2. The van der Waals surface area contributed by atoms with Gasteiger partial charge in [0.2, 0.25) is 0 Å². The number of aryl methyl sites for hydroxylation is 4. The lowest BCUT2D eigenvalue weighted by Crippen LogP contribution is -2.53. The first-order chi connectivity index (χ1) is 13.8. The fraction of sp³-hybridized carbons (Fsp3) is 0.417. The summed E-state index contributed by atoms with van der Waals surface area (Å²) in [5.74, 6) is -0.0299. The van der Waals surface area contributed by atoms with Crippen molar-refractivity contribution in [1.82, 2.24) is 0 Å². The summed E-state index contributed by atoms with van der Waals surface area (Å²) in [4.78, 5) is 29.9. The minimum atomic E-state index is -0.359. The zero-order valence-corrected chi connectivity index (χ0v) is 18.2. The third-order valence-electron chi connectivity index (χ3n) is 5.70. The summed E-state index contributed by atoms with van der Waals surface area (Å²) in [6.45, 7) is 12.6. The van der Waals surface area contributed by atoms with Crippen molar-refractivity contribution in [2.75, 3.05) is 23.0 Å². The highest BCUT2D eigenvalue weighted by atomic mass is 16.6. The van der Waals surface area contributed by atoms with Crippen molar-refractivity contribution in [1.29, 1.82) is 0 Å². The van der Waals surface area contributed by atoms with Gasteiger partial charge in [-0.1, -0.05) is 24.6 Å². The van der Waals surface area contributed by atoms with Crippen LogP contribution in [0.3, 0.4) is 0 Å². The van der Waals surface area contributed by atoms with E-state index >= 15 is 0 Å². The molecule has 2 aromatic carbocycles. The van der Waals surface area contributed by atoms with Crippen LogP contribution in [-0.4, -0.2) is 31.2 Å². The third-order valence-corrected chi connectivity index (χ3v) is 5.70. The Morgan fingerprint density at radius 2 is 1.62 bits per heavy atom. The molecule has 0 spiro atoms. The van der Waals surface area contributed by atoms with Gasteiger partial charge in [-0.2, -0.15) is 0 Å². The zero-order valence-electron chi connectivity index (χ0n) is 18.2. The first kappa shape index (κ1) is 20.9. The minimum Gasteiger partial charge on any atom is -0.449 e. The Morgan fingerprint density at radius 1 is 0.966 bits per heavy atom. The lowest BCUT2D eigenvalue weighted by molar-refractivity contribution is 0.0981. The summed E-state index contributed by atoms with van der Waals surface area (Å²) in [5, 5.41) is 0. The topological polar surface area (TPSA) is 49.9 Å². The highest BCUT2D eigenvalue weighted by molar-refractivity contribution is 6.11. The van der Waals surface area contributed by atoms with E-state index in [9.17, 15) is 9.59 Å². The molecule has 1 atom stereocenters. The number of anilines is 2. The molecule has 0 aromatic heterocycles. The Labute approximate surface area is 173 Å². The fourth-order valence-electron chi connectivity index (χ4n) is 3.84. The van der Waals surface area contributed by atoms with Gasteiger partial charge in [0.25, 0.3) is 5.91 Å². The van der Waals surface area contributed by atoms with Crippen LogP contribution >= 0.6 is 0 Å². The summed E-state index contributed by atoms with van der Waals surface area (Å²) < 4.78 is 5.34. The van der Waals surface area contributed by atoms with E-state index in [2.05, 4.69) is 0 Å². The second-order valence-corrected chi connectivity index (χ2v) is 7.79. The number of hydrogen-bond acceptors (Lipinski definition) is 3. The van der Waals surface area contributed by atoms with Crippen molar-refractivity contribution < 1.29 is 14.3 Å². The molecule has 0 radical (unpaired) electrons. The predicted molar refractivity (Wildman–Crippen MR) is 117 cm³/mol. The molecule has 2 aromatic rings. The van der Waals surface area contributed by atoms with Crippen LogP contribution in [0.25, 0.3) is 0 Å². The highest BCUT2D eigenvalue weighted by Crippen LogP contribution is 2.39. The molecular weight excluding hydrogens is 364 g/mol. The van der Waals surface area contributed by atoms with Gasteiger partial charge in [-0.05, 0) is 75.9 Å². The zero-order chi connectivity index (χ0) is 21.3. The van der Waals surface area contributed by atoms with Crippen LogP contribution in [0.15, 0.2) is 30.3 Å². The molecule has 1 heterocycles. The number of fused-ring (bicyclic) bond motifs is 1. The molecule has 5 nitrogen and oxygen atoms in total. The van der Waals surface area contributed by atoms with Crippen LogP contribution in [0.5, 0.6) is 0 Å². The smallest absolute Gasteiger partial charge is 0.414 e. The normalized spacial score (nSPS) is 15.9. The van der Waals surface area contributed by atoms with Crippen LogP contribution in [0.1, 0.15) is 52.9 Å². The Bertz CT molecular complexity index is 951. The summed E-state index contributed by atoms with van der Waals surface area (Å²) in [5.41, 5.74) is 6.37. The number of ether oxygens (including phenoxy) is 1. The molecule has 29 heavy (non-hydrogen) atoms. The monoisotopic (exact) mass is 394 g/mol. The lowest BCUT2D eigenvalue weighted by atomic mass is 9.98. The van der Waals surface area contributed by atoms with E-state index < -0.39 is 0 Å². The Kier molecular flexibility index (Phi) is 5.96. The average molecular weight is 395 g/mol. The Morgan fingerprint density at radius 3 is 2.24 bits per heavy atom. The lowest BCUT2D eigenvalue weighted by Gasteiger charge is -2.42. The Hall–Kier alpha value is -2.82. The summed E-state index contributed by atoms with van der Waals surface area (Å²) in [6, 6.07) is 9.80. The fourth-order valence-corrected chi connectivity index (χ4v) is 3.84. The molecule has 2 amide bonds. The van der Waals surface area contributed by atoms with E-state index in [0.717, 1.165) is 40.0 Å². The number of hydrogen-bond donors (Lipinski definition) is 0. The van der Waals surface area contributed by atoms with E-state index in [4.69, 9.17) is 4.74 Å². The van der Waals surface area contributed by atoms with Gasteiger partial charge in [-0.3, -0.25) is 9.69 Å². The SMILES string of the molecule is CCOC(=O)N1c2cc(C)c(C)cc2N(C(=O)c2cc(C)ccc2C)CC1CC. The van der Waals surface area contributed by atoms with Gasteiger partial charge in [0, 0.05) is 12.1 Å². The number of amides is 2. The van der Waals surface area contributed by atoms with Crippen molar-refractivity contribution in [3.05, 3.63) is 58.1 Å². The van der Waals surface area contributed by atoms with Crippen LogP contribution in [0, 0.1) is 27.7 Å². The molecular formula is C24H30N2O3. The largest absolute Gasteiger partial charge is 0.449 e. The number of carbonyl (C=O) groups excluding carboxylic acids is 2. The van der Waals surface area contributed by atoms with Crippen molar-refractivity contribution >= 4 is 23.4 Å². The highest BCUT2D eigenvalue weighted by Gasteiger charge is 2.38.